The topological polar surface area (TPSA) is 197 Å². The summed E-state index contributed by atoms with van der Waals surface area (Å²) in [5.74, 6) is -1.81. The van der Waals surface area contributed by atoms with E-state index in [2.05, 4.69) is 10.6 Å². The van der Waals surface area contributed by atoms with E-state index >= 15 is 0 Å². The van der Waals surface area contributed by atoms with Crippen molar-refractivity contribution in [2.24, 2.45) is 11.5 Å². The number of primary amides is 1. The van der Waals surface area contributed by atoms with Crippen LogP contribution in [0.3, 0.4) is 0 Å². The van der Waals surface area contributed by atoms with Crippen LogP contribution in [0.25, 0.3) is 0 Å². The first kappa shape index (κ1) is 20.3. The Bertz CT molecular complexity index is 475. The molecule has 0 aromatic heterocycles. The fourth-order valence-electron chi connectivity index (χ4n) is 2.30. The van der Waals surface area contributed by atoms with Crippen LogP contribution in [-0.2, 0) is 19.1 Å². The lowest BCUT2D eigenvalue weighted by molar-refractivity contribution is -0.203. The van der Waals surface area contributed by atoms with Crippen LogP contribution in [0, 0.1) is 0 Å². The number of nitrogens with one attached hydrogen (secondary N) is 2. The molecule has 0 aliphatic carbocycles. The van der Waals surface area contributed by atoms with Crippen molar-refractivity contribution in [3.8, 4) is 0 Å². The van der Waals surface area contributed by atoms with Gasteiger partial charge < -0.3 is 42.2 Å². The fraction of sp³-hybridized carbons (Fsp3) is 0.769. The second-order valence-corrected chi connectivity index (χ2v) is 5.60. The third-order valence-electron chi connectivity index (χ3n) is 3.65. The van der Waals surface area contributed by atoms with Crippen molar-refractivity contribution in [3.63, 3.8) is 0 Å². The van der Waals surface area contributed by atoms with Crippen LogP contribution < -0.4 is 22.1 Å². The van der Waals surface area contributed by atoms with E-state index in [1.165, 1.54) is 6.92 Å². The highest BCUT2D eigenvalue weighted by Crippen LogP contribution is 2.20. The molecule has 0 spiro atoms. The van der Waals surface area contributed by atoms with Crippen molar-refractivity contribution in [2.75, 3.05) is 6.61 Å². The molecule has 3 amide bonds. The summed E-state index contributed by atoms with van der Waals surface area (Å²) < 4.78 is 5.33. The summed E-state index contributed by atoms with van der Waals surface area (Å²) in [6.45, 7) is 0.603. The third kappa shape index (κ3) is 5.39. The summed E-state index contributed by atoms with van der Waals surface area (Å²) in [5.41, 5.74) is 10.4. The number of rotatable bonds is 7. The molecule has 6 atom stereocenters. The van der Waals surface area contributed by atoms with Crippen LogP contribution in [0.1, 0.15) is 19.8 Å². The number of amides is 3. The van der Waals surface area contributed by atoms with Gasteiger partial charge in [0.1, 0.15) is 24.4 Å². The van der Waals surface area contributed by atoms with Crippen molar-refractivity contribution < 1.29 is 34.4 Å². The Labute approximate surface area is 138 Å². The van der Waals surface area contributed by atoms with Gasteiger partial charge in [-0.1, -0.05) is 0 Å². The molecule has 0 bridgehead atoms. The van der Waals surface area contributed by atoms with Crippen molar-refractivity contribution in [2.45, 2.75) is 56.4 Å². The number of aliphatic hydroxyl groups excluding tert-OH is 3. The minimum atomic E-state index is -1.46. The van der Waals surface area contributed by atoms with Gasteiger partial charge in [-0.15, -0.1) is 0 Å². The molecule has 1 aliphatic rings. The van der Waals surface area contributed by atoms with Gasteiger partial charge in [-0.05, 0) is 6.42 Å². The van der Waals surface area contributed by atoms with Crippen LogP contribution >= 0.6 is 0 Å². The lowest BCUT2D eigenvalue weighted by Gasteiger charge is -2.42. The van der Waals surface area contributed by atoms with Gasteiger partial charge in [0, 0.05) is 13.3 Å². The molecule has 11 heteroatoms. The number of aliphatic hydroxyl groups is 3. The summed E-state index contributed by atoms with van der Waals surface area (Å²) in [5, 5.41) is 33.9. The number of hydrogen-bond donors (Lipinski definition) is 7. The van der Waals surface area contributed by atoms with Gasteiger partial charge in [-0.25, -0.2) is 0 Å². The third-order valence-corrected chi connectivity index (χ3v) is 3.65. The van der Waals surface area contributed by atoms with E-state index in [1.807, 2.05) is 0 Å². The quantitative estimate of drug-likeness (QED) is 0.239. The van der Waals surface area contributed by atoms with Crippen LogP contribution in [0.15, 0.2) is 0 Å². The summed E-state index contributed by atoms with van der Waals surface area (Å²) >= 11 is 0. The summed E-state index contributed by atoms with van der Waals surface area (Å²) in [4.78, 5) is 34.0. The highest BCUT2D eigenvalue weighted by atomic mass is 16.5. The predicted molar refractivity (Wildman–Crippen MR) is 79.9 cm³/mol. The average Bonchev–Trinajstić information content (AvgIpc) is 2.51. The van der Waals surface area contributed by atoms with Gasteiger partial charge in [0.25, 0.3) is 0 Å². The average molecular weight is 348 g/mol. The Morgan fingerprint density at radius 2 is 1.83 bits per heavy atom. The van der Waals surface area contributed by atoms with Crippen molar-refractivity contribution in [3.05, 3.63) is 0 Å². The first-order chi connectivity index (χ1) is 11.2. The first-order valence-electron chi connectivity index (χ1n) is 7.41. The lowest BCUT2D eigenvalue weighted by atomic mass is 9.95. The van der Waals surface area contributed by atoms with E-state index in [0.717, 1.165) is 0 Å². The first-order valence-corrected chi connectivity index (χ1v) is 7.41. The second kappa shape index (κ2) is 8.89. The van der Waals surface area contributed by atoms with Gasteiger partial charge in [-0.2, -0.15) is 0 Å². The molecule has 1 heterocycles. The van der Waals surface area contributed by atoms with E-state index in [0.29, 0.717) is 0 Å². The van der Waals surface area contributed by atoms with E-state index in [-0.39, 0.29) is 12.8 Å². The van der Waals surface area contributed by atoms with E-state index < -0.39 is 61.0 Å². The molecule has 0 saturated carbocycles. The number of nitrogens with two attached hydrogens (primary N) is 2. The van der Waals surface area contributed by atoms with Gasteiger partial charge in [-0.3, -0.25) is 14.4 Å². The van der Waals surface area contributed by atoms with Crippen molar-refractivity contribution in [1.29, 1.82) is 0 Å². The van der Waals surface area contributed by atoms with E-state index in [9.17, 15) is 29.7 Å². The highest BCUT2D eigenvalue weighted by molar-refractivity contribution is 5.81. The molecular weight excluding hydrogens is 324 g/mol. The maximum absolute atomic E-state index is 11.9. The standard InChI is InChI=1S/C13H24N4O7/c1-5(19)16-9-11(22)10(21)7(4-18)24-13(9)17-8(20)3-2-6(14)12(15)23/h6-7,9-11,13,18,21-22H,2-4,14H2,1H3,(H2,15,23)(H,16,19)(H,17,20). The normalized spacial score (nSPS) is 31.1. The molecule has 138 valence electrons. The molecule has 0 aromatic carbocycles. The maximum Gasteiger partial charge on any atom is 0.234 e. The zero-order valence-corrected chi connectivity index (χ0v) is 13.2. The SMILES string of the molecule is CC(=O)NC1C(NC(=O)CCC(N)C(N)=O)OC(CO)C(O)C1O. The molecule has 1 aliphatic heterocycles. The molecular formula is C13H24N4O7. The van der Waals surface area contributed by atoms with Gasteiger partial charge in [0.05, 0.1) is 12.6 Å². The Balaban J connectivity index is 2.73. The molecule has 1 saturated heterocycles. The number of carbonyl (C=O) groups excluding carboxylic acids is 3. The summed E-state index contributed by atoms with van der Waals surface area (Å²) in [6, 6.07) is -2.10. The molecule has 1 rings (SSSR count). The zero-order chi connectivity index (χ0) is 18.4. The molecule has 1 fully saturated rings. The van der Waals surface area contributed by atoms with E-state index in [1.54, 1.807) is 0 Å². The van der Waals surface area contributed by atoms with Gasteiger partial charge in [0.2, 0.25) is 17.7 Å². The van der Waals surface area contributed by atoms with Gasteiger partial charge in [0.15, 0.2) is 6.23 Å². The van der Waals surface area contributed by atoms with Crippen LogP contribution in [0.5, 0.6) is 0 Å². The number of hydrogen-bond acceptors (Lipinski definition) is 8. The minimum absolute atomic E-state index is 0.00724. The monoisotopic (exact) mass is 348 g/mol. The molecule has 0 radical (unpaired) electrons. The predicted octanol–water partition coefficient (Wildman–Crippen LogP) is -4.36. The number of ether oxygens (including phenoxy) is 1. The largest absolute Gasteiger partial charge is 0.394 e. The maximum atomic E-state index is 11.9. The molecule has 9 N–H and O–H groups in total. The summed E-state index contributed by atoms with van der Waals surface area (Å²) in [7, 11) is 0. The molecule has 11 nitrogen and oxygen atoms in total. The Hall–Kier alpha value is -1.79. The summed E-state index contributed by atoms with van der Waals surface area (Å²) in [6.07, 6.45) is -5.35. The number of carbonyl (C=O) groups is 3. The smallest absolute Gasteiger partial charge is 0.234 e. The highest BCUT2D eigenvalue weighted by Gasteiger charge is 2.45. The van der Waals surface area contributed by atoms with Crippen molar-refractivity contribution >= 4 is 17.7 Å². The molecule has 0 aromatic rings. The minimum Gasteiger partial charge on any atom is -0.394 e. The van der Waals surface area contributed by atoms with Crippen LogP contribution in [-0.4, -0.2) is 76.3 Å². The van der Waals surface area contributed by atoms with E-state index in [4.69, 9.17) is 16.2 Å². The Morgan fingerprint density at radius 1 is 1.21 bits per heavy atom. The Kier molecular flexibility index (Phi) is 7.51. The fourth-order valence-corrected chi connectivity index (χ4v) is 2.30. The van der Waals surface area contributed by atoms with Crippen LogP contribution in [0.2, 0.25) is 0 Å². The Morgan fingerprint density at radius 3 is 2.33 bits per heavy atom. The van der Waals surface area contributed by atoms with Gasteiger partial charge >= 0.3 is 0 Å². The van der Waals surface area contributed by atoms with Crippen LogP contribution in [0.4, 0.5) is 0 Å². The second-order valence-electron chi connectivity index (χ2n) is 5.60. The molecule has 24 heavy (non-hydrogen) atoms. The zero-order valence-electron chi connectivity index (χ0n) is 13.2. The molecule has 6 unspecified atom stereocenters. The van der Waals surface area contributed by atoms with Crippen molar-refractivity contribution in [1.82, 2.24) is 10.6 Å². The lowest BCUT2D eigenvalue weighted by Crippen LogP contribution is -2.68.